The Morgan fingerprint density at radius 3 is 2.09 bits per heavy atom. The molecule has 0 bridgehead atoms. The first kappa shape index (κ1) is 17.9. The van der Waals surface area contributed by atoms with Crippen molar-refractivity contribution in [3.05, 3.63) is 0 Å². The Hall–Kier alpha value is 0.973. The molecule has 0 amide bonds. The van der Waals surface area contributed by atoms with Crippen molar-refractivity contribution in [3.8, 4) is 0 Å². The van der Waals surface area contributed by atoms with Gasteiger partial charge in [-0.25, -0.2) is 0 Å². The molecule has 1 atom stereocenters. The Balaban J connectivity index is -0.000000320. The second-order valence-electron chi connectivity index (χ2n) is 2.60. The largest absolute Gasteiger partial charge is 0.396 e. The average Bonchev–Trinajstić information content (AvgIpc) is 1.91. The molecule has 11 heavy (non-hydrogen) atoms. The van der Waals surface area contributed by atoms with E-state index >= 15 is 0 Å². The van der Waals surface area contributed by atoms with Gasteiger partial charge in [0.2, 0.25) is 0 Å². The Bertz CT molecular complexity index is 58.1. The standard InChI is InChI=1S/C8H18O.Fe.Ni/c1-3-5-6-8(4-2)7-9;;/h8-9H,3-7H2,1-2H3;;. The van der Waals surface area contributed by atoms with E-state index in [1.165, 1.54) is 19.3 Å². The predicted octanol–water partition coefficient (Wildman–Crippen LogP) is 2.19. The quantitative estimate of drug-likeness (QED) is 0.736. The number of hydrogen-bond acceptors (Lipinski definition) is 1. The molecular weight excluding hydrogens is 227 g/mol. The third kappa shape index (κ3) is 11.0. The fourth-order valence-electron chi connectivity index (χ4n) is 0.917. The summed E-state index contributed by atoms with van der Waals surface area (Å²) in [7, 11) is 0. The van der Waals surface area contributed by atoms with Crippen LogP contribution in [0.4, 0.5) is 0 Å². The van der Waals surface area contributed by atoms with Crippen molar-refractivity contribution in [1.29, 1.82) is 0 Å². The van der Waals surface area contributed by atoms with Crippen molar-refractivity contribution < 1.29 is 38.7 Å². The first-order chi connectivity index (χ1) is 4.35. The number of hydrogen-bond donors (Lipinski definition) is 1. The first-order valence-corrected chi connectivity index (χ1v) is 3.96. The molecule has 0 radical (unpaired) electrons. The fraction of sp³-hybridized carbons (Fsp3) is 1.00. The zero-order valence-corrected chi connectivity index (χ0v) is 9.32. The van der Waals surface area contributed by atoms with Crippen LogP contribution >= 0.6 is 0 Å². The third-order valence-electron chi connectivity index (χ3n) is 1.80. The zero-order valence-electron chi connectivity index (χ0n) is 7.23. The van der Waals surface area contributed by atoms with Crippen LogP contribution in [-0.2, 0) is 33.6 Å². The molecule has 0 aliphatic heterocycles. The summed E-state index contributed by atoms with van der Waals surface area (Å²) in [5, 5.41) is 8.75. The van der Waals surface area contributed by atoms with E-state index in [2.05, 4.69) is 13.8 Å². The molecule has 0 rings (SSSR count). The normalized spacial score (nSPS) is 11.2. The van der Waals surface area contributed by atoms with Crippen LogP contribution in [0, 0.1) is 5.92 Å². The summed E-state index contributed by atoms with van der Waals surface area (Å²) in [6.45, 7) is 4.69. The molecule has 0 aromatic carbocycles. The van der Waals surface area contributed by atoms with Crippen LogP contribution in [0.25, 0.3) is 0 Å². The first-order valence-electron chi connectivity index (χ1n) is 3.96. The Kier molecular flexibility index (Phi) is 22.1. The van der Waals surface area contributed by atoms with Gasteiger partial charge >= 0.3 is 0 Å². The van der Waals surface area contributed by atoms with Gasteiger partial charge in [0, 0.05) is 40.2 Å². The minimum atomic E-state index is 0. The second kappa shape index (κ2) is 13.6. The Morgan fingerprint density at radius 2 is 1.82 bits per heavy atom. The molecule has 0 aromatic heterocycles. The van der Waals surface area contributed by atoms with Gasteiger partial charge in [0.15, 0.2) is 0 Å². The molecule has 0 saturated carbocycles. The summed E-state index contributed by atoms with van der Waals surface area (Å²) >= 11 is 0. The molecule has 3 heteroatoms. The molecule has 1 nitrogen and oxygen atoms in total. The molecular formula is C8H18FeNiO. The summed E-state index contributed by atoms with van der Waals surface area (Å²) < 4.78 is 0. The summed E-state index contributed by atoms with van der Waals surface area (Å²) in [5.74, 6) is 0.560. The Labute approximate surface area is 90.7 Å². The molecule has 74 valence electrons. The van der Waals surface area contributed by atoms with Crippen molar-refractivity contribution in [2.45, 2.75) is 39.5 Å². The summed E-state index contributed by atoms with van der Waals surface area (Å²) in [6, 6.07) is 0. The zero-order chi connectivity index (χ0) is 7.11. The van der Waals surface area contributed by atoms with Crippen LogP contribution in [0.3, 0.4) is 0 Å². The van der Waals surface area contributed by atoms with Crippen LogP contribution in [0.1, 0.15) is 39.5 Å². The van der Waals surface area contributed by atoms with Gasteiger partial charge in [0.1, 0.15) is 0 Å². The van der Waals surface area contributed by atoms with E-state index in [1.54, 1.807) is 0 Å². The van der Waals surface area contributed by atoms with Gasteiger partial charge < -0.3 is 5.11 Å². The molecule has 0 spiro atoms. The van der Waals surface area contributed by atoms with Crippen molar-refractivity contribution in [3.63, 3.8) is 0 Å². The SMILES string of the molecule is CCCCC(CC)CO.[Fe].[Ni]. The van der Waals surface area contributed by atoms with Gasteiger partial charge in [0.25, 0.3) is 0 Å². The van der Waals surface area contributed by atoms with Gasteiger partial charge in [0.05, 0.1) is 0 Å². The molecule has 0 heterocycles. The summed E-state index contributed by atoms with van der Waals surface area (Å²) in [6.07, 6.45) is 4.83. The van der Waals surface area contributed by atoms with E-state index in [9.17, 15) is 0 Å². The van der Waals surface area contributed by atoms with E-state index < -0.39 is 0 Å². The second-order valence-corrected chi connectivity index (χ2v) is 2.60. The van der Waals surface area contributed by atoms with Gasteiger partial charge in [-0.2, -0.15) is 0 Å². The molecule has 0 aliphatic carbocycles. The van der Waals surface area contributed by atoms with Crippen molar-refractivity contribution in [2.24, 2.45) is 5.92 Å². The molecule has 0 saturated heterocycles. The third-order valence-corrected chi connectivity index (χ3v) is 1.80. The smallest absolute Gasteiger partial charge is 0.0459 e. The van der Waals surface area contributed by atoms with Crippen LogP contribution in [0.5, 0.6) is 0 Å². The average molecular weight is 245 g/mol. The predicted molar refractivity (Wildman–Crippen MR) is 40.4 cm³/mol. The van der Waals surface area contributed by atoms with Crippen LogP contribution < -0.4 is 0 Å². The number of rotatable bonds is 5. The van der Waals surface area contributed by atoms with E-state index in [-0.39, 0.29) is 33.6 Å². The topological polar surface area (TPSA) is 20.2 Å². The minimum Gasteiger partial charge on any atom is -0.396 e. The van der Waals surface area contributed by atoms with Gasteiger partial charge in [-0.3, -0.25) is 0 Å². The fourth-order valence-corrected chi connectivity index (χ4v) is 0.917. The molecule has 1 N–H and O–H groups in total. The van der Waals surface area contributed by atoms with E-state index in [0.29, 0.717) is 12.5 Å². The van der Waals surface area contributed by atoms with Crippen LogP contribution in [0.15, 0.2) is 0 Å². The van der Waals surface area contributed by atoms with Crippen molar-refractivity contribution in [1.82, 2.24) is 0 Å². The summed E-state index contributed by atoms with van der Waals surface area (Å²) in [5.41, 5.74) is 0. The van der Waals surface area contributed by atoms with E-state index in [1.807, 2.05) is 0 Å². The van der Waals surface area contributed by atoms with Crippen LogP contribution in [-0.4, -0.2) is 11.7 Å². The number of unbranched alkanes of at least 4 members (excludes halogenated alkanes) is 1. The minimum absolute atomic E-state index is 0. The molecule has 0 fully saturated rings. The van der Waals surface area contributed by atoms with Crippen molar-refractivity contribution >= 4 is 0 Å². The maximum absolute atomic E-state index is 8.75. The van der Waals surface area contributed by atoms with Crippen LogP contribution in [0.2, 0.25) is 0 Å². The van der Waals surface area contributed by atoms with Gasteiger partial charge in [-0.05, 0) is 12.3 Å². The monoisotopic (exact) mass is 244 g/mol. The van der Waals surface area contributed by atoms with Gasteiger partial charge in [-0.1, -0.05) is 33.1 Å². The molecule has 0 aliphatic rings. The maximum atomic E-state index is 8.75. The molecule has 1 unspecified atom stereocenters. The number of aliphatic hydroxyl groups excluding tert-OH is 1. The maximum Gasteiger partial charge on any atom is 0.0459 e. The molecule has 0 aromatic rings. The Morgan fingerprint density at radius 1 is 1.27 bits per heavy atom. The summed E-state index contributed by atoms with van der Waals surface area (Å²) in [4.78, 5) is 0. The van der Waals surface area contributed by atoms with Crippen molar-refractivity contribution in [2.75, 3.05) is 6.61 Å². The van der Waals surface area contributed by atoms with E-state index in [0.717, 1.165) is 6.42 Å². The number of aliphatic hydroxyl groups is 1. The van der Waals surface area contributed by atoms with Gasteiger partial charge in [-0.15, -0.1) is 0 Å². The van der Waals surface area contributed by atoms with E-state index in [4.69, 9.17) is 5.11 Å².